The lowest BCUT2D eigenvalue weighted by molar-refractivity contribution is 0.214. The van der Waals surface area contributed by atoms with E-state index >= 15 is 0 Å². The maximum absolute atomic E-state index is 5.76. The van der Waals surface area contributed by atoms with Crippen LogP contribution in [0.3, 0.4) is 0 Å². The van der Waals surface area contributed by atoms with Gasteiger partial charge in [-0.25, -0.2) is 0 Å². The van der Waals surface area contributed by atoms with Crippen molar-refractivity contribution in [1.82, 2.24) is 4.90 Å². The van der Waals surface area contributed by atoms with Gasteiger partial charge in [0.25, 0.3) is 0 Å². The van der Waals surface area contributed by atoms with Gasteiger partial charge in [0.15, 0.2) is 0 Å². The van der Waals surface area contributed by atoms with Crippen LogP contribution in [0.15, 0.2) is 0 Å². The molecule has 0 amide bonds. The third-order valence-electron chi connectivity index (χ3n) is 3.41. The lowest BCUT2D eigenvalue weighted by Gasteiger charge is -2.28. The van der Waals surface area contributed by atoms with Crippen molar-refractivity contribution >= 4 is 0 Å². The zero-order chi connectivity index (χ0) is 11.3. The highest BCUT2D eigenvalue weighted by atomic mass is 15.1. The third-order valence-corrected chi connectivity index (χ3v) is 3.41. The second-order valence-corrected chi connectivity index (χ2v) is 5.86. The van der Waals surface area contributed by atoms with Gasteiger partial charge in [-0.3, -0.25) is 0 Å². The minimum Gasteiger partial charge on any atom is -0.330 e. The van der Waals surface area contributed by atoms with Crippen LogP contribution in [0.5, 0.6) is 0 Å². The zero-order valence-electron chi connectivity index (χ0n) is 10.8. The van der Waals surface area contributed by atoms with Crippen molar-refractivity contribution in [3.8, 4) is 0 Å². The van der Waals surface area contributed by atoms with Crippen molar-refractivity contribution in [2.75, 3.05) is 26.2 Å². The summed E-state index contributed by atoms with van der Waals surface area (Å²) in [5, 5.41) is 0. The predicted octanol–water partition coefficient (Wildman–Crippen LogP) is 2.48. The molecule has 1 saturated carbocycles. The summed E-state index contributed by atoms with van der Waals surface area (Å²) < 4.78 is 0. The smallest absolute Gasteiger partial charge is 0.000966 e. The molecule has 1 fully saturated rings. The molecule has 90 valence electrons. The molecule has 0 aromatic rings. The summed E-state index contributed by atoms with van der Waals surface area (Å²) in [5.74, 6) is 1.01. The Labute approximate surface area is 95.2 Å². The number of hydrogen-bond acceptors (Lipinski definition) is 2. The Balaban J connectivity index is 2.23. The number of rotatable bonds is 8. The van der Waals surface area contributed by atoms with E-state index in [4.69, 9.17) is 5.73 Å². The molecule has 1 aliphatic carbocycles. The van der Waals surface area contributed by atoms with E-state index in [1.807, 2.05) is 0 Å². The molecule has 0 unspecified atom stereocenters. The highest BCUT2D eigenvalue weighted by Crippen LogP contribution is 2.30. The molecule has 0 aromatic carbocycles. The van der Waals surface area contributed by atoms with Crippen molar-refractivity contribution < 1.29 is 0 Å². The van der Waals surface area contributed by atoms with E-state index in [0.717, 1.165) is 12.5 Å². The summed E-state index contributed by atoms with van der Waals surface area (Å²) in [4.78, 5) is 2.63. The van der Waals surface area contributed by atoms with Crippen LogP contribution in [0.1, 0.15) is 46.5 Å². The Morgan fingerprint density at radius 2 is 1.93 bits per heavy atom. The first-order valence-corrected chi connectivity index (χ1v) is 6.50. The Morgan fingerprint density at radius 3 is 2.40 bits per heavy atom. The van der Waals surface area contributed by atoms with Crippen molar-refractivity contribution in [2.45, 2.75) is 46.5 Å². The minimum absolute atomic E-state index is 0.315. The van der Waals surface area contributed by atoms with Gasteiger partial charge >= 0.3 is 0 Å². The van der Waals surface area contributed by atoms with Gasteiger partial charge in [0.2, 0.25) is 0 Å². The van der Waals surface area contributed by atoms with Gasteiger partial charge in [0.05, 0.1) is 0 Å². The Bertz CT molecular complexity index is 173. The van der Waals surface area contributed by atoms with Crippen LogP contribution >= 0.6 is 0 Å². The van der Waals surface area contributed by atoms with Crippen molar-refractivity contribution in [3.05, 3.63) is 0 Å². The molecule has 0 bridgehead atoms. The van der Waals surface area contributed by atoms with Gasteiger partial charge in [-0.2, -0.15) is 0 Å². The second kappa shape index (κ2) is 5.86. The van der Waals surface area contributed by atoms with Gasteiger partial charge in [0.1, 0.15) is 0 Å². The largest absolute Gasteiger partial charge is 0.330 e. The van der Waals surface area contributed by atoms with Crippen LogP contribution in [0.4, 0.5) is 0 Å². The first-order valence-electron chi connectivity index (χ1n) is 6.50. The average Bonchev–Trinajstić information content (AvgIpc) is 2.99. The molecule has 15 heavy (non-hydrogen) atoms. The van der Waals surface area contributed by atoms with Gasteiger partial charge in [-0.05, 0) is 56.7 Å². The molecule has 2 heteroatoms. The van der Waals surface area contributed by atoms with Crippen LogP contribution in [0.2, 0.25) is 0 Å². The monoisotopic (exact) mass is 212 g/mol. The highest BCUT2D eigenvalue weighted by Gasteiger charge is 2.25. The van der Waals surface area contributed by atoms with E-state index in [0.29, 0.717) is 5.41 Å². The number of hydrogen-bond donors (Lipinski definition) is 1. The minimum atomic E-state index is 0.315. The van der Waals surface area contributed by atoms with E-state index < -0.39 is 0 Å². The summed E-state index contributed by atoms with van der Waals surface area (Å²) >= 11 is 0. The topological polar surface area (TPSA) is 29.3 Å². The van der Waals surface area contributed by atoms with E-state index in [2.05, 4.69) is 25.7 Å². The number of nitrogens with zero attached hydrogens (tertiary/aromatic N) is 1. The van der Waals surface area contributed by atoms with E-state index in [-0.39, 0.29) is 0 Å². The molecule has 1 rings (SSSR count). The molecule has 1 aliphatic rings. The highest BCUT2D eigenvalue weighted by molar-refractivity contribution is 4.79. The predicted molar refractivity (Wildman–Crippen MR) is 66.9 cm³/mol. The maximum Gasteiger partial charge on any atom is 0.000966 e. The standard InChI is InChI=1S/C13H28N2/c1-4-8-15(10-12-5-6-12)9-7-13(2,3)11-14/h12H,4-11,14H2,1-3H3. The molecular formula is C13H28N2. The molecule has 0 spiro atoms. The fourth-order valence-corrected chi connectivity index (χ4v) is 1.84. The Kier molecular flexibility index (Phi) is 5.07. The molecule has 2 N–H and O–H groups in total. The van der Waals surface area contributed by atoms with Gasteiger partial charge in [0, 0.05) is 6.54 Å². The summed E-state index contributed by atoms with van der Waals surface area (Å²) in [6, 6.07) is 0. The second-order valence-electron chi connectivity index (χ2n) is 5.86. The summed E-state index contributed by atoms with van der Waals surface area (Å²) in [5.41, 5.74) is 6.08. The Morgan fingerprint density at radius 1 is 1.27 bits per heavy atom. The molecule has 0 atom stereocenters. The van der Waals surface area contributed by atoms with E-state index in [1.54, 1.807) is 0 Å². The molecule has 0 aliphatic heterocycles. The van der Waals surface area contributed by atoms with Gasteiger partial charge < -0.3 is 10.6 Å². The summed E-state index contributed by atoms with van der Waals surface area (Å²) in [6.45, 7) is 11.4. The molecular weight excluding hydrogens is 184 g/mol. The number of nitrogens with two attached hydrogens (primary N) is 1. The van der Waals surface area contributed by atoms with Crippen LogP contribution in [0, 0.1) is 11.3 Å². The van der Waals surface area contributed by atoms with Gasteiger partial charge in [-0.15, -0.1) is 0 Å². The first kappa shape index (κ1) is 13.0. The first-order chi connectivity index (χ1) is 7.07. The van der Waals surface area contributed by atoms with Crippen LogP contribution in [0.25, 0.3) is 0 Å². The van der Waals surface area contributed by atoms with E-state index in [9.17, 15) is 0 Å². The van der Waals surface area contributed by atoms with Crippen LogP contribution in [-0.4, -0.2) is 31.1 Å². The molecule has 2 nitrogen and oxygen atoms in total. The van der Waals surface area contributed by atoms with Gasteiger partial charge in [-0.1, -0.05) is 20.8 Å². The summed E-state index contributed by atoms with van der Waals surface area (Å²) in [7, 11) is 0. The SMILES string of the molecule is CCCN(CCC(C)(C)CN)CC1CC1. The quantitative estimate of drug-likeness (QED) is 0.670. The maximum atomic E-state index is 5.76. The molecule has 0 aromatic heterocycles. The van der Waals surface area contributed by atoms with Crippen molar-refractivity contribution in [1.29, 1.82) is 0 Å². The Hall–Kier alpha value is -0.0800. The third kappa shape index (κ3) is 5.53. The lowest BCUT2D eigenvalue weighted by atomic mass is 9.89. The fraction of sp³-hybridized carbons (Fsp3) is 1.00. The molecule has 0 radical (unpaired) electrons. The fourth-order valence-electron chi connectivity index (χ4n) is 1.84. The van der Waals surface area contributed by atoms with E-state index in [1.165, 1.54) is 45.3 Å². The van der Waals surface area contributed by atoms with Crippen molar-refractivity contribution in [3.63, 3.8) is 0 Å². The van der Waals surface area contributed by atoms with Crippen LogP contribution < -0.4 is 5.73 Å². The van der Waals surface area contributed by atoms with Crippen molar-refractivity contribution in [2.24, 2.45) is 17.1 Å². The molecule has 0 heterocycles. The lowest BCUT2D eigenvalue weighted by Crippen LogP contribution is -2.33. The molecule has 0 saturated heterocycles. The average molecular weight is 212 g/mol. The summed E-state index contributed by atoms with van der Waals surface area (Å²) in [6.07, 6.45) is 5.42. The zero-order valence-corrected chi connectivity index (χ0v) is 10.8. The van der Waals surface area contributed by atoms with Crippen LogP contribution in [-0.2, 0) is 0 Å². The normalized spacial score (nSPS) is 17.4.